The first-order valence-corrected chi connectivity index (χ1v) is 7.63. The number of aromatic nitrogens is 2. The summed E-state index contributed by atoms with van der Waals surface area (Å²) >= 11 is 1.84. The maximum Gasteiger partial charge on any atom is 0.267 e. The van der Waals surface area contributed by atoms with E-state index in [2.05, 4.69) is 9.82 Å². The molecule has 19 heavy (non-hydrogen) atoms. The summed E-state index contributed by atoms with van der Waals surface area (Å²) in [5.74, 6) is -0.527. The number of hydrogen-bond donors (Lipinski definition) is 2. The molecular weight excluding hydrogens is 386 g/mol. The Balaban J connectivity index is 2.39. The number of nitrogens with zero attached hydrogens (tertiary/aromatic N) is 2. The van der Waals surface area contributed by atoms with Crippen molar-refractivity contribution in [3.8, 4) is 0 Å². The Labute approximate surface area is 123 Å². The van der Waals surface area contributed by atoms with Crippen LogP contribution in [0.2, 0.25) is 0 Å². The van der Waals surface area contributed by atoms with E-state index in [0.717, 1.165) is 0 Å². The van der Waals surface area contributed by atoms with Crippen LogP contribution in [0.4, 0.5) is 15.9 Å². The molecule has 2 aromatic rings. The molecule has 1 heterocycles. The molecule has 3 N–H and O–H groups in total. The molecule has 0 saturated carbocycles. The van der Waals surface area contributed by atoms with E-state index in [1.165, 1.54) is 29.1 Å². The third-order valence-corrected chi connectivity index (χ3v) is 4.56. The highest BCUT2D eigenvalue weighted by Crippen LogP contribution is 2.24. The molecule has 2 rings (SSSR count). The summed E-state index contributed by atoms with van der Waals surface area (Å²) in [5.41, 5.74) is 5.81. The molecule has 0 atom stereocenters. The highest BCUT2D eigenvalue weighted by atomic mass is 127. The first-order chi connectivity index (χ1) is 8.79. The second-order valence-corrected chi connectivity index (χ2v) is 6.59. The number of aryl methyl sites for hydroxylation is 1. The van der Waals surface area contributed by atoms with Gasteiger partial charge in [0, 0.05) is 16.8 Å². The van der Waals surface area contributed by atoms with Gasteiger partial charge in [0.25, 0.3) is 10.0 Å². The van der Waals surface area contributed by atoms with Crippen LogP contribution in [-0.4, -0.2) is 18.2 Å². The number of hydrogen-bond acceptors (Lipinski definition) is 4. The van der Waals surface area contributed by atoms with Crippen molar-refractivity contribution in [1.29, 1.82) is 0 Å². The predicted octanol–water partition coefficient (Wildman–Crippen LogP) is 1.55. The summed E-state index contributed by atoms with van der Waals surface area (Å²) in [5, 5.41) is 3.77. The lowest BCUT2D eigenvalue weighted by molar-refractivity contribution is 0.601. The second kappa shape index (κ2) is 4.96. The number of nitrogens with one attached hydrogen (secondary N) is 1. The number of halogens is 2. The van der Waals surface area contributed by atoms with E-state index >= 15 is 0 Å². The van der Waals surface area contributed by atoms with E-state index in [1.807, 2.05) is 22.6 Å². The smallest absolute Gasteiger partial charge is 0.267 e. The zero-order chi connectivity index (χ0) is 14.2. The third-order valence-electron chi connectivity index (χ3n) is 2.29. The van der Waals surface area contributed by atoms with Crippen molar-refractivity contribution in [2.75, 3.05) is 10.5 Å². The Morgan fingerprint density at radius 3 is 2.68 bits per heavy atom. The van der Waals surface area contributed by atoms with Crippen molar-refractivity contribution in [2.45, 2.75) is 4.90 Å². The van der Waals surface area contributed by atoms with E-state index in [9.17, 15) is 12.8 Å². The van der Waals surface area contributed by atoms with Gasteiger partial charge in [-0.2, -0.15) is 5.10 Å². The fraction of sp³-hybridized carbons (Fsp3) is 0.100. The van der Waals surface area contributed by atoms with Gasteiger partial charge in [-0.05, 0) is 40.8 Å². The van der Waals surface area contributed by atoms with E-state index < -0.39 is 15.8 Å². The van der Waals surface area contributed by atoms with Crippen LogP contribution < -0.4 is 10.5 Å². The maximum atomic E-state index is 13.0. The van der Waals surface area contributed by atoms with E-state index in [-0.39, 0.29) is 16.4 Å². The SMILES string of the molecule is Cn1cc(S(=O)(=O)Nc2ccc(F)cc2I)c(N)n1. The van der Waals surface area contributed by atoms with Crippen LogP contribution in [0, 0.1) is 9.39 Å². The topological polar surface area (TPSA) is 90.0 Å². The number of nitrogen functional groups attached to an aromatic ring is 1. The second-order valence-electron chi connectivity index (χ2n) is 3.78. The highest BCUT2D eigenvalue weighted by molar-refractivity contribution is 14.1. The molecule has 0 saturated heterocycles. The molecule has 9 heteroatoms. The lowest BCUT2D eigenvalue weighted by atomic mass is 10.3. The molecule has 0 bridgehead atoms. The average Bonchev–Trinajstić information content (AvgIpc) is 2.63. The summed E-state index contributed by atoms with van der Waals surface area (Å²) in [6.45, 7) is 0. The van der Waals surface area contributed by atoms with E-state index in [4.69, 9.17) is 5.73 Å². The van der Waals surface area contributed by atoms with Crippen molar-refractivity contribution < 1.29 is 12.8 Å². The Kier molecular flexibility index (Phi) is 3.67. The first-order valence-electron chi connectivity index (χ1n) is 5.06. The molecule has 0 radical (unpaired) electrons. The number of sulfonamides is 1. The van der Waals surface area contributed by atoms with Gasteiger partial charge in [-0.25, -0.2) is 12.8 Å². The van der Waals surface area contributed by atoms with Crippen LogP contribution in [0.1, 0.15) is 0 Å². The van der Waals surface area contributed by atoms with Crippen molar-refractivity contribution in [1.82, 2.24) is 9.78 Å². The molecule has 102 valence electrons. The third kappa shape index (κ3) is 2.97. The normalized spacial score (nSPS) is 11.5. The molecule has 0 aliphatic carbocycles. The molecule has 1 aromatic carbocycles. The van der Waals surface area contributed by atoms with Crippen LogP contribution in [0.3, 0.4) is 0 Å². The van der Waals surface area contributed by atoms with Gasteiger partial charge in [0.1, 0.15) is 10.7 Å². The first kappa shape index (κ1) is 14.1. The zero-order valence-electron chi connectivity index (χ0n) is 9.76. The molecule has 1 aromatic heterocycles. The van der Waals surface area contributed by atoms with Gasteiger partial charge < -0.3 is 5.73 Å². The minimum Gasteiger partial charge on any atom is -0.381 e. The summed E-state index contributed by atoms with van der Waals surface area (Å²) < 4.78 is 41.3. The minimum atomic E-state index is -3.84. The number of nitrogens with two attached hydrogens (primary N) is 1. The van der Waals surface area contributed by atoms with Gasteiger partial charge >= 0.3 is 0 Å². The maximum absolute atomic E-state index is 13.0. The van der Waals surface area contributed by atoms with Gasteiger partial charge in [-0.1, -0.05) is 0 Å². The van der Waals surface area contributed by atoms with Gasteiger partial charge in [0.2, 0.25) is 0 Å². The fourth-order valence-electron chi connectivity index (χ4n) is 1.46. The number of benzene rings is 1. The average molecular weight is 396 g/mol. The lowest BCUT2D eigenvalue weighted by Gasteiger charge is -2.08. The van der Waals surface area contributed by atoms with Crippen molar-refractivity contribution in [2.24, 2.45) is 7.05 Å². The predicted molar refractivity (Wildman–Crippen MR) is 77.5 cm³/mol. The monoisotopic (exact) mass is 396 g/mol. The summed E-state index contributed by atoms with van der Waals surface area (Å²) in [7, 11) is -2.28. The van der Waals surface area contributed by atoms with E-state index in [1.54, 1.807) is 7.05 Å². The summed E-state index contributed by atoms with van der Waals surface area (Å²) in [4.78, 5) is -0.116. The fourth-order valence-corrected chi connectivity index (χ4v) is 3.44. The Hall–Kier alpha value is -1.36. The quantitative estimate of drug-likeness (QED) is 0.771. The van der Waals surface area contributed by atoms with Crippen molar-refractivity contribution >= 4 is 44.1 Å². The summed E-state index contributed by atoms with van der Waals surface area (Å²) in [6, 6.07) is 3.75. The number of anilines is 2. The number of rotatable bonds is 3. The molecule has 0 fully saturated rings. The standard InChI is InChI=1S/C10H10FIN4O2S/c1-16-5-9(10(13)14-16)19(17,18)15-8-3-2-6(11)4-7(8)12/h2-5,15H,1H3,(H2,13,14). The Morgan fingerprint density at radius 1 is 1.47 bits per heavy atom. The van der Waals surface area contributed by atoms with Gasteiger partial charge in [0.15, 0.2) is 5.82 Å². The van der Waals surface area contributed by atoms with Crippen molar-refractivity contribution in [3.63, 3.8) is 0 Å². The molecule has 0 unspecified atom stereocenters. The van der Waals surface area contributed by atoms with Crippen molar-refractivity contribution in [3.05, 3.63) is 33.8 Å². The Morgan fingerprint density at radius 2 is 2.16 bits per heavy atom. The molecule has 0 aliphatic heterocycles. The van der Waals surface area contributed by atoms with Gasteiger partial charge in [-0.3, -0.25) is 9.40 Å². The Bertz CT molecular complexity index is 729. The highest BCUT2D eigenvalue weighted by Gasteiger charge is 2.21. The van der Waals surface area contributed by atoms with Gasteiger partial charge in [0.05, 0.1) is 5.69 Å². The molecule has 0 aliphatic rings. The van der Waals surface area contributed by atoms with Gasteiger partial charge in [-0.15, -0.1) is 0 Å². The van der Waals surface area contributed by atoms with Crippen LogP contribution in [0.25, 0.3) is 0 Å². The molecular formula is C10H10FIN4O2S. The van der Waals surface area contributed by atoms with E-state index in [0.29, 0.717) is 3.57 Å². The van der Waals surface area contributed by atoms with Crippen LogP contribution in [0.5, 0.6) is 0 Å². The van der Waals surface area contributed by atoms with Crippen LogP contribution in [0.15, 0.2) is 29.3 Å². The summed E-state index contributed by atoms with van der Waals surface area (Å²) in [6.07, 6.45) is 1.30. The molecule has 6 nitrogen and oxygen atoms in total. The molecule has 0 amide bonds. The van der Waals surface area contributed by atoms with Crippen LogP contribution in [-0.2, 0) is 17.1 Å². The lowest BCUT2D eigenvalue weighted by Crippen LogP contribution is -2.14. The minimum absolute atomic E-state index is 0.0906. The zero-order valence-corrected chi connectivity index (χ0v) is 12.7. The van der Waals surface area contributed by atoms with Crippen LogP contribution >= 0.6 is 22.6 Å². The molecule has 0 spiro atoms. The largest absolute Gasteiger partial charge is 0.381 e.